The van der Waals surface area contributed by atoms with E-state index in [4.69, 9.17) is 5.11 Å². The number of anilines is 1. The third-order valence-electron chi connectivity index (χ3n) is 1.86. The third-order valence-corrected chi connectivity index (χ3v) is 2.48. The molecular formula is C9H7BrF5NO. The summed E-state index contributed by atoms with van der Waals surface area (Å²) in [6.07, 6.45) is -7.42. The molecule has 2 N–H and O–H groups in total. The topological polar surface area (TPSA) is 32.3 Å². The van der Waals surface area contributed by atoms with Crippen molar-refractivity contribution in [3.8, 4) is 0 Å². The van der Waals surface area contributed by atoms with Crippen molar-refractivity contribution in [2.75, 3.05) is 11.9 Å². The molecule has 0 heterocycles. The highest BCUT2D eigenvalue weighted by Gasteiger charge is 2.38. The van der Waals surface area contributed by atoms with Crippen molar-refractivity contribution in [2.45, 2.75) is 12.3 Å². The van der Waals surface area contributed by atoms with Gasteiger partial charge in [0.05, 0.1) is 5.69 Å². The van der Waals surface area contributed by atoms with Crippen molar-refractivity contribution in [1.82, 2.24) is 0 Å². The van der Waals surface area contributed by atoms with Crippen LogP contribution < -0.4 is 5.32 Å². The van der Waals surface area contributed by atoms with Gasteiger partial charge in [-0.25, -0.2) is 8.78 Å². The fraction of sp³-hybridized carbons (Fsp3) is 0.333. The first-order valence-corrected chi connectivity index (χ1v) is 5.14. The Bertz CT molecular complexity index is 386. The Balaban J connectivity index is 2.77. The Hall–Kier alpha value is -0.890. The van der Waals surface area contributed by atoms with E-state index in [1.165, 1.54) is 0 Å². The van der Waals surface area contributed by atoms with Gasteiger partial charge in [-0.05, 0) is 22.0 Å². The summed E-state index contributed by atoms with van der Waals surface area (Å²) in [4.78, 5) is 0. The number of aliphatic hydroxyl groups excluding tert-OH is 1. The lowest BCUT2D eigenvalue weighted by Crippen LogP contribution is -2.35. The normalized spacial score (nSPS) is 13.6. The average molecular weight is 320 g/mol. The molecule has 0 amide bonds. The van der Waals surface area contributed by atoms with E-state index >= 15 is 0 Å². The summed E-state index contributed by atoms with van der Waals surface area (Å²) >= 11 is 2.79. The Labute approximate surface area is 102 Å². The van der Waals surface area contributed by atoms with Crippen LogP contribution in [0, 0.1) is 11.6 Å². The molecule has 0 fully saturated rings. The highest BCUT2D eigenvalue weighted by molar-refractivity contribution is 9.10. The molecule has 96 valence electrons. The highest BCUT2D eigenvalue weighted by atomic mass is 79.9. The van der Waals surface area contributed by atoms with Crippen molar-refractivity contribution >= 4 is 21.6 Å². The third kappa shape index (κ3) is 3.81. The second kappa shape index (κ2) is 5.18. The van der Waals surface area contributed by atoms with Crippen LogP contribution in [0.3, 0.4) is 0 Å². The number of hydrogen-bond donors (Lipinski definition) is 2. The molecule has 17 heavy (non-hydrogen) atoms. The van der Waals surface area contributed by atoms with Gasteiger partial charge in [0.2, 0.25) is 0 Å². The van der Waals surface area contributed by atoms with Gasteiger partial charge in [0.1, 0.15) is 11.6 Å². The summed E-state index contributed by atoms with van der Waals surface area (Å²) in [5.74, 6) is -1.91. The number of hydrogen-bond acceptors (Lipinski definition) is 2. The largest absolute Gasteiger partial charge is 0.416 e. The maximum absolute atomic E-state index is 13.2. The van der Waals surface area contributed by atoms with E-state index in [9.17, 15) is 22.0 Å². The number of rotatable bonds is 3. The van der Waals surface area contributed by atoms with Gasteiger partial charge in [-0.2, -0.15) is 13.2 Å². The van der Waals surface area contributed by atoms with Crippen LogP contribution in [-0.4, -0.2) is 23.9 Å². The molecule has 1 aromatic rings. The zero-order valence-corrected chi connectivity index (χ0v) is 9.74. The van der Waals surface area contributed by atoms with Crippen LogP contribution in [0.1, 0.15) is 0 Å². The minimum Gasteiger partial charge on any atom is -0.382 e. The van der Waals surface area contributed by atoms with E-state index in [-0.39, 0.29) is 10.2 Å². The monoisotopic (exact) mass is 319 g/mol. The average Bonchev–Trinajstić information content (AvgIpc) is 2.13. The Morgan fingerprint density at radius 1 is 1.29 bits per heavy atom. The quantitative estimate of drug-likeness (QED) is 0.839. The molecule has 1 rings (SSSR count). The van der Waals surface area contributed by atoms with Gasteiger partial charge in [-0.15, -0.1) is 0 Å². The molecule has 0 aliphatic rings. The van der Waals surface area contributed by atoms with Gasteiger partial charge >= 0.3 is 6.18 Å². The van der Waals surface area contributed by atoms with E-state index < -0.39 is 30.5 Å². The molecule has 8 heteroatoms. The number of benzene rings is 1. The van der Waals surface area contributed by atoms with Gasteiger partial charge in [0.25, 0.3) is 0 Å². The summed E-state index contributed by atoms with van der Waals surface area (Å²) in [5, 5.41) is 10.7. The summed E-state index contributed by atoms with van der Waals surface area (Å²) in [7, 11) is 0. The molecule has 0 aliphatic carbocycles. The SMILES string of the molecule is OC(CNc1c(F)cc(F)cc1Br)C(F)(F)F. The molecule has 2 nitrogen and oxygen atoms in total. The van der Waals surface area contributed by atoms with Crippen molar-refractivity contribution in [2.24, 2.45) is 0 Å². The lowest BCUT2D eigenvalue weighted by molar-refractivity contribution is -0.198. The van der Waals surface area contributed by atoms with Gasteiger partial charge in [0.15, 0.2) is 6.10 Å². The van der Waals surface area contributed by atoms with Crippen LogP contribution in [0.15, 0.2) is 16.6 Å². The van der Waals surface area contributed by atoms with Crippen molar-refractivity contribution in [3.05, 3.63) is 28.2 Å². The lowest BCUT2D eigenvalue weighted by Gasteiger charge is -2.16. The molecule has 0 bridgehead atoms. The van der Waals surface area contributed by atoms with Crippen LogP contribution in [-0.2, 0) is 0 Å². The predicted octanol–water partition coefficient (Wildman–Crippen LogP) is 3.06. The first kappa shape index (κ1) is 14.2. The minimum absolute atomic E-state index is 0.0654. The molecule has 0 aliphatic heterocycles. The van der Waals surface area contributed by atoms with Gasteiger partial charge < -0.3 is 10.4 Å². The van der Waals surface area contributed by atoms with Gasteiger partial charge in [0, 0.05) is 17.1 Å². The molecule has 0 aromatic heterocycles. The molecule has 0 saturated heterocycles. The lowest BCUT2D eigenvalue weighted by atomic mass is 10.2. The van der Waals surface area contributed by atoms with E-state index in [0.29, 0.717) is 6.07 Å². The van der Waals surface area contributed by atoms with Gasteiger partial charge in [-0.1, -0.05) is 0 Å². The molecule has 1 unspecified atom stereocenters. The molecule has 0 saturated carbocycles. The van der Waals surface area contributed by atoms with Gasteiger partial charge in [-0.3, -0.25) is 0 Å². The van der Waals surface area contributed by atoms with Crippen molar-refractivity contribution in [1.29, 1.82) is 0 Å². The minimum atomic E-state index is -4.80. The molecule has 0 spiro atoms. The van der Waals surface area contributed by atoms with E-state index in [1.807, 2.05) is 0 Å². The summed E-state index contributed by atoms with van der Waals surface area (Å²) in [5.41, 5.74) is -0.338. The van der Waals surface area contributed by atoms with Crippen molar-refractivity contribution < 1.29 is 27.1 Å². The van der Waals surface area contributed by atoms with Crippen molar-refractivity contribution in [3.63, 3.8) is 0 Å². The number of nitrogens with one attached hydrogen (secondary N) is 1. The standard InChI is InChI=1S/C9H7BrF5NO/c10-5-1-4(11)2-6(12)8(5)16-3-7(17)9(13,14)15/h1-2,7,16-17H,3H2. The molecular weight excluding hydrogens is 313 g/mol. The maximum Gasteiger partial charge on any atom is 0.416 e. The Morgan fingerprint density at radius 2 is 1.88 bits per heavy atom. The van der Waals surface area contributed by atoms with Crippen LogP contribution in [0.25, 0.3) is 0 Å². The number of aliphatic hydroxyl groups is 1. The Morgan fingerprint density at radius 3 is 2.35 bits per heavy atom. The van der Waals surface area contributed by atoms with E-state index in [1.54, 1.807) is 0 Å². The van der Waals surface area contributed by atoms with Crippen LogP contribution in [0.4, 0.5) is 27.6 Å². The predicted molar refractivity (Wildman–Crippen MR) is 54.6 cm³/mol. The number of halogens is 6. The number of alkyl halides is 3. The second-order valence-electron chi connectivity index (χ2n) is 3.18. The zero-order valence-electron chi connectivity index (χ0n) is 8.15. The van der Waals surface area contributed by atoms with Crippen LogP contribution in [0.5, 0.6) is 0 Å². The fourth-order valence-corrected chi connectivity index (χ4v) is 1.57. The molecule has 0 radical (unpaired) electrons. The molecule has 1 aromatic carbocycles. The first-order valence-electron chi connectivity index (χ1n) is 4.35. The Kier molecular flexibility index (Phi) is 4.31. The second-order valence-corrected chi connectivity index (χ2v) is 4.04. The van der Waals surface area contributed by atoms with Crippen LogP contribution in [0.2, 0.25) is 0 Å². The summed E-state index contributed by atoms with van der Waals surface area (Å²) in [6, 6.07) is 1.42. The highest BCUT2D eigenvalue weighted by Crippen LogP contribution is 2.28. The first-order chi connectivity index (χ1) is 7.71. The fourth-order valence-electron chi connectivity index (χ4n) is 1.03. The zero-order chi connectivity index (χ0) is 13.2. The summed E-state index contributed by atoms with van der Waals surface area (Å²) < 4.78 is 61.7. The maximum atomic E-state index is 13.2. The smallest absolute Gasteiger partial charge is 0.382 e. The van der Waals surface area contributed by atoms with E-state index in [2.05, 4.69) is 21.2 Å². The van der Waals surface area contributed by atoms with Crippen LogP contribution >= 0.6 is 15.9 Å². The molecule has 1 atom stereocenters. The summed E-state index contributed by atoms with van der Waals surface area (Å²) in [6.45, 7) is -0.926. The van der Waals surface area contributed by atoms with E-state index in [0.717, 1.165) is 6.07 Å².